The van der Waals surface area contributed by atoms with Crippen molar-refractivity contribution in [3.8, 4) is 0 Å². The minimum atomic E-state index is -0.174. The summed E-state index contributed by atoms with van der Waals surface area (Å²) >= 11 is 0. The number of benzene rings is 3. The third-order valence-corrected chi connectivity index (χ3v) is 5.24. The van der Waals surface area contributed by atoms with Crippen molar-refractivity contribution >= 4 is 34.8 Å². The van der Waals surface area contributed by atoms with Crippen molar-refractivity contribution in [3.63, 3.8) is 0 Å². The van der Waals surface area contributed by atoms with Gasteiger partial charge in [-0.15, -0.1) is 0 Å². The first kappa shape index (κ1) is 24.5. The highest BCUT2D eigenvalue weighted by Crippen LogP contribution is 2.16. The van der Waals surface area contributed by atoms with E-state index in [2.05, 4.69) is 16.0 Å². The molecule has 3 rings (SSSR count). The molecule has 0 heterocycles. The first-order valence-electron chi connectivity index (χ1n) is 11.1. The van der Waals surface area contributed by atoms with Crippen LogP contribution in [0.4, 0.5) is 17.1 Å². The van der Waals surface area contributed by atoms with E-state index in [1.165, 1.54) is 0 Å². The molecule has 3 aromatic rings. The van der Waals surface area contributed by atoms with Crippen LogP contribution in [0.3, 0.4) is 0 Å². The van der Waals surface area contributed by atoms with Crippen LogP contribution in [0.15, 0.2) is 72.8 Å². The molecule has 0 aliphatic rings. The number of hydrogen-bond acceptors (Lipinski definition) is 4. The zero-order valence-corrected chi connectivity index (χ0v) is 19.7. The number of nitrogens with one attached hydrogen (secondary N) is 3. The number of carbonyl (C=O) groups is 3. The van der Waals surface area contributed by atoms with Gasteiger partial charge in [-0.1, -0.05) is 29.8 Å². The fourth-order valence-electron chi connectivity index (χ4n) is 3.28. The lowest BCUT2D eigenvalue weighted by Crippen LogP contribution is -2.22. The molecule has 0 aliphatic carbocycles. The van der Waals surface area contributed by atoms with E-state index in [4.69, 9.17) is 0 Å². The second-order valence-electron chi connectivity index (χ2n) is 8.29. The average Bonchev–Trinajstić information content (AvgIpc) is 2.83. The molecule has 0 unspecified atom stereocenters. The van der Waals surface area contributed by atoms with Crippen molar-refractivity contribution in [1.29, 1.82) is 0 Å². The van der Waals surface area contributed by atoms with Crippen molar-refractivity contribution in [2.75, 3.05) is 36.6 Å². The molecular formula is C27H30N4O3. The molecule has 0 radical (unpaired) electrons. The van der Waals surface area contributed by atoms with Crippen molar-refractivity contribution in [2.45, 2.75) is 19.8 Å². The highest BCUT2D eigenvalue weighted by atomic mass is 16.2. The molecular weight excluding hydrogens is 428 g/mol. The summed E-state index contributed by atoms with van der Waals surface area (Å²) in [6, 6.07) is 22.1. The van der Waals surface area contributed by atoms with Gasteiger partial charge in [-0.2, -0.15) is 0 Å². The van der Waals surface area contributed by atoms with Crippen LogP contribution in [0.5, 0.6) is 0 Å². The first-order chi connectivity index (χ1) is 16.3. The second kappa shape index (κ2) is 11.7. The first-order valence-corrected chi connectivity index (χ1v) is 11.1. The van der Waals surface area contributed by atoms with Crippen molar-refractivity contribution in [1.82, 2.24) is 4.90 Å². The van der Waals surface area contributed by atoms with Crippen LogP contribution in [0.25, 0.3) is 0 Å². The Morgan fingerprint density at radius 3 is 2.06 bits per heavy atom. The molecule has 7 heteroatoms. The number of nitrogens with zero attached hydrogens (tertiary/aromatic N) is 1. The number of aryl methyl sites for hydroxylation is 2. The Morgan fingerprint density at radius 2 is 1.41 bits per heavy atom. The maximum Gasteiger partial charge on any atom is 0.255 e. The van der Waals surface area contributed by atoms with E-state index in [0.29, 0.717) is 29.8 Å². The second-order valence-corrected chi connectivity index (χ2v) is 8.29. The topological polar surface area (TPSA) is 90.5 Å². The summed E-state index contributed by atoms with van der Waals surface area (Å²) in [5.74, 6) is -0.253. The summed E-state index contributed by atoms with van der Waals surface area (Å²) in [5, 5.41) is 8.79. The summed E-state index contributed by atoms with van der Waals surface area (Å²) in [7, 11) is 3.49. The van der Waals surface area contributed by atoms with Crippen LogP contribution in [-0.2, 0) is 16.0 Å². The lowest BCUT2D eigenvalue weighted by molar-refractivity contribution is -0.128. The van der Waals surface area contributed by atoms with Gasteiger partial charge in [0.25, 0.3) is 5.91 Å². The molecule has 0 spiro atoms. The van der Waals surface area contributed by atoms with Crippen molar-refractivity contribution < 1.29 is 14.4 Å². The molecule has 0 aromatic heterocycles. The summed E-state index contributed by atoms with van der Waals surface area (Å²) in [6.45, 7) is 2.05. The minimum absolute atomic E-state index is 0.0881. The van der Waals surface area contributed by atoms with Crippen LogP contribution < -0.4 is 16.0 Å². The van der Waals surface area contributed by atoms with Gasteiger partial charge in [-0.25, -0.2) is 0 Å². The van der Waals surface area contributed by atoms with E-state index in [1.807, 2.05) is 61.5 Å². The molecule has 3 aromatic carbocycles. The lowest BCUT2D eigenvalue weighted by atomic mass is 10.1. The summed E-state index contributed by atoms with van der Waals surface area (Å²) < 4.78 is 0. The molecule has 3 amide bonds. The third-order valence-electron chi connectivity index (χ3n) is 5.24. The van der Waals surface area contributed by atoms with Crippen LogP contribution in [0.2, 0.25) is 0 Å². The van der Waals surface area contributed by atoms with Crippen molar-refractivity contribution in [2.24, 2.45) is 0 Å². The monoisotopic (exact) mass is 458 g/mol. The van der Waals surface area contributed by atoms with Gasteiger partial charge in [-0.3, -0.25) is 14.4 Å². The maximum atomic E-state index is 12.4. The van der Waals surface area contributed by atoms with Gasteiger partial charge in [0, 0.05) is 43.1 Å². The Labute approximate surface area is 200 Å². The molecule has 176 valence electrons. The number of anilines is 3. The van der Waals surface area contributed by atoms with E-state index >= 15 is 0 Å². The Balaban J connectivity index is 1.44. The Bertz CT molecular complexity index is 1140. The van der Waals surface area contributed by atoms with Crippen LogP contribution >= 0.6 is 0 Å². The molecule has 0 bridgehead atoms. The standard InChI is InChI=1S/C27H30N4O3/c1-19-5-4-6-21(17-19)27(34)30-24-14-12-22(13-15-24)28-18-25(32)29-23-10-7-20(8-11-23)9-16-26(33)31(2)3/h4-8,10-15,17,28H,9,16,18H2,1-3H3,(H,29,32)(H,30,34). The van der Waals surface area contributed by atoms with Gasteiger partial charge >= 0.3 is 0 Å². The fourth-order valence-corrected chi connectivity index (χ4v) is 3.28. The zero-order chi connectivity index (χ0) is 24.5. The van der Waals surface area contributed by atoms with E-state index in [-0.39, 0.29) is 24.3 Å². The molecule has 0 saturated heterocycles. The van der Waals surface area contributed by atoms with Crippen LogP contribution in [-0.4, -0.2) is 43.3 Å². The number of hydrogen-bond donors (Lipinski definition) is 3. The Hall–Kier alpha value is -4.13. The number of rotatable bonds is 9. The quantitative estimate of drug-likeness (QED) is 0.445. The Kier molecular flexibility index (Phi) is 8.40. The van der Waals surface area contributed by atoms with Gasteiger partial charge in [-0.05, 0) is 67.4 Å². The fraction of sp³-hybridized carbons (Fsp3) is 0.222. The van der Waals surface area contributed by atoms with Gasteiger partial charge in [0.2, 0.25) is 11.8 Å². The zero-order valence-electron chi connectivity index (χ0n) is 19.7. The Morgan fingerprint density at radius 1 is 0.794 bits per heavy atom. The SMILES string of the molecule is Cc1cccc(C(=O)Nc2ccc(NCC(=O)Nc3ccc(CCC(=O)N(C)C)cc3)cc2)c1. The largest absolute Gasteiger partial charge is 0.376 e. The summed E-state index contributed by atoms with van der Waals surface area (Å²) in [4.78, 5) is 37.9. The van der Waals surface area contributed by atoms with Crippen molar-refractivity contribution in [3.05, 3.63) is 89.5 Å². The van der Waals surface area contributed by atoms with Gasteiger partial charge in [0.05, 0.1) is 6.54 Å². The molecule has 0 atom stereocenters. The van der Waals surface area contributed by atoms with Crippen LogP contribution in [0.1, 0.15) is 27.9 Å². The molecule has 0 fully saturated rings. The predicted octanol–water partition coefficient (Wildman–Crippen LogP) is 4.32. The lowest BCUT2D eigenvalue weighted by Gasteiger charge is -2.11. The smallest absolute Gasteiger partial charge is 0.255 e. The van der Waals surface area contributed by atoms with Crippen LogP contribution in [0, 0.1) is 6.92 Å². The normalized spacial score (nSPS) is 10.3. The minimum Gasteiger partial charge on any atom is -0.376 e. The van der Waals surface area contributed by atoms with Gasteiger partial charge < -0.3 is 20.9 Å². The molecule has 34 heavy (non-hydrogen) atoms. The van der Waals surface area contributed by atoms with Gasteiger partial charge in [0.15, 0.2) is 0 Å². The third kappa shape index (κ3) is 7.48. The predicted molar refractivity (Wildman–Crippen MR) is 136 cm³/mol. The van der Waals surface area contributed by atoms with E-state index in [9.17, 15) is 14.4 Å². The average molecular weight is 459 g/mol. The number of carbonyl (C=O) groups excluding carboxylic acids is 3. The van der Waals surface area contributed by atoms with E-state index in [1.54, 1.807) is 37.2 Å². The summed E-state index contributed by atoms with van der Waals surface area (Å²) in [6.07, 6.45) is 1.12. The van der Waals surface area contributed by atoms with E-state index in [0.717, 1.165) is 16.8 Å². The molecule has 0 aliphatic heterocycles. The highest BCUT2D eigenvalue weighted by molar-refractivity contribution is 6.04. The molecule has 0 saturated carbocycles. The molecule has 7 nitrogen and oxygen atoms in total. The molecule has 3 N–H and O–H groups in total. The maximum absolute atomic E-state index is 12.4. The number of amides is 3. The summed E-state index contributed by atoms with van der Waals surface area (Å²) in [5.41, 5.74) is 4.81. The van der Waals surface area contributed by atoms with Gasteiger partial charge in [0.1, 0.15) is 0 Å². The highest BCUT2D eigenvalue weighted by Gasteiger charge is 2.08. The van der Waals surface area contributed by atoms with E-state index < -0.39 is 0 Å².